The first-order valence-corrected chi connectivity index (χ1v) is 8.53. The van der Waals surface area contributed by atoms with Crippen LogP contribution in [0.25, 0.3) is 0 Å². The van der Waals surface area contributed by atoms with Crippen molar-refractivity contribution < 1.29 is 14.3 Å². The molecule has 0 bridgehead atoms. The van der Waals surface area contributed by atoms with Gasteiger partial charge in [0.2, 0.25) is 5.88 Å². The van der Waals surface area contributed by atoms with Gasteiger partial charge in [-0.2, -0.15) is 5.10 Å². The highest BCUT2D eigenvalue weighted by molar-refractivity contribution is 7.15. The van der Waals surface area contributed by atoms with Crippen molar-refractivity contribution in [1.82, 2.24) is 14.7 Å². The third-order valence-corrected chi connectivity index (χ3v) is 5.40. The van der Waals surface area contributed by atoms with Crippen LogP contribution in [0.15, 0.2) is 12.1 Å². The van der Waals surface area contributed by atoms with Crippen molar-refractivity contribution in [2.45, 2.75) is 25.8 Å². The number of primary amides is 1. The van der Waals surface area contributed by atoms with Gasteiger partial charge in [-0.25, -0.2) is 4.68 Å². The lowest BCUT2D eigenvalue weighted by molar-refractivity contribution is 0.0738. The zero-order valence-corrected chi connectivity index (χ0v) is 14.7. The Bertz CT molecular complexity index is 795. The number of aryl methyl sites for hydroxylation is 2. The molecular weight excluding hydrogens is 328 g/mol. The van der Waals surface area contributed by atoms with Crippen LogP contribution >= 0.6 is 11.3 Å². The van der Waals surface area contributed by atoms with E-state index in [1.54, 1.807) is 23.9 Å². The Labute approximate surface area is 144 Å². The molecule has 1 aliphatic rings. The smallest absolute Gasteiger partial charge is 0.264 e. The monoisotopic (exact) mass is 348 g/mol. The van der Waals surface area contributed by atoms with Gasteiger partial charge >= 0.3 is 0 Å². The first-order chi connectivity index (χ1) is 11.4. The average Bonchev–Trinajstić information content (AvgIpc) is 3.24. The maximum absolute atomic E-state index is 12.9. The van der Waals surface area contributed by atoms with Crippen molar-refractivity contribution >= 4 is 23.2 Å². The first-order valence-electron chi connectivity index (χ1n) is 7.72. The molecule has 0 radical (unpaired) electrons. The van der Waals surface area contributed by atoms with Gasteiger partial charge in [0.25, 0.3) is 11.8 Å². The summed E-state index contributed by atoms with van der Waals surface area (Å²) in [6.07, 6.45) is 1.78. The lowest BCUT2D eigenvalue weighted by atomic mass is 10.0. The summed E-state index contributed by atoms with van der Waals surface area (Å²) in [6.45, 7) is 2.60. The Balaban J connectivity index is 1.93. The second-order valence-electron chi connectivity index (χ2n) is 5.82. The highest BCUT2D eigenvalue weighted by atomic mass is 32.1. The molecular formula is C16H20N4O3S. The Morgan fingerprint density at radius 1 is 1.38 bits per heavy atom. The number of carbonyl (C=O) groups excluding carboxylic acids is 2. The maximum atomic E-state index is 12.9. The van der Waals surface area contributed by atoms with Crippen LogP contribution in [0.3, 0.4) is 0 Å². The normalized spacial score (nSPS) is 17.3. The first kappa shape index (κ1) is 16.5. The van der Waals surface area contributed by atoms with Gasteiger partial charge in [0, 0.05) is 13.6 Å². The van der Waals surface area contributed by atoms with Crippen molar-refractivity contribution in [3.05, 3.63) is 33.1 Å². The van der Waals surface area contributed by atoms with E-state index < -0.39 is 5.91 Å². The molecule has 2 aromatic heterocycles. The summed E-state index contributed by atoms with van der Waals surface area (Å²) in [5, 5.41) is 4.42. The number of ether oxygens (including phenoxy) is 1. The fourth-order valence-electron chi connectivity index (χ4n) is 3.32. The SMILES string of the molecule is COc1c([C@H]2CCCN2C(=O)c2ccc(C(N)=O)s2)c(C)nn1C. The van der Waals surface area contributed by atoms with Crippen molar-refractivity contribution in [2.75, 3.05) is 13.7 Å². The Morgan fingerprint density at radius 2 is 2.08 bits per heavy atom. The minimum atomic E-state index is -0.512. The molecule has 8 heteroatoms. The highest BCUT2D eigenvalue weighted by Gasteiger charge is 2.35. The summed E-state index contributed by atoms with van der Waals surface area (Å²) in [6, 6.07) is 3.19. The van der Waals surface area contributed by atoms with Gasteiger partial charge < -0.3 is 15.4 Å². The van der Waals surface area contributed by atoms with Gasteiger partial charge in [0.15, 0.2) is 0 Å². The van der Waals surface area contributed by atoms with Gasteiger partial charge in [0.05, 0.1) is 34.2 Å². The molecule has 1 atom stereocenters. The maximum Gasteiger partial charge on any atom is 0.264 e. The fraction of sp³-hybridized carbons (Fsp3) is 0.438. The van der Waals surface area contributed by atoms with E-state index in [4.69, 9.17) is 10.5 Å². The topological polar surface area (TPSA) is 90.4 Å². The third kappa shape index (κ3) is 2.66. The average molecular weight is 348 g/mol. The lowest BCUT2D eigenvalue weighted by Gasteiger charge is -2.24. The van der Waals surface area contributed by atoms with Crippen molar-refractivity contribution in [2.24, 2.45) is 12.8 Å². The van der Waals surface area contributed by atoms with Gasteiger partial charge in [-0.05, 0) is 31.9 Å². The summed E-state index contributed by atoms with van der Waals surface area (Å²) in [7, 11) is 3.44. The number of aromatic nitrogens is 2. The predicted molar refractivity (Wildman–Crippen MR) is 90.3 cm³/mol. The number of hydrogen-bond donors (Lipinski definition) is 1. The number of nitrogens with two attached hydrogens (primary N) is 1. The molecule has 2 N–H and O–H groups in total. The standard InChI is InChI=1S/C16H20N4O3S/c1-9-13(16(23-3)19(2)18-9)10-5-4-8-20(10)15(22)12-7-6-11(24-12)14(17)21/h6-7,10H,4-5,8H2,1-3H3,(H2,17,21)/t10-/m1/s1. The Kier molecular flexibility index (Phi) is 4.31. The molecule has 0 aromatic carbocycles. The van der Waals surface area contributed by atoms with Crippen LogP contribution in [0.5, 0.6) is 5.88 Å². The molecule has 0 spiro atoms. The molecule has 0 aliphatic carbocycles. The van der Waals surface area contributed by atoms with Crippen LogP contribution in [-0.4, -0.2) is 40.1 Å². The third-order valence-electron chi connectivity index (χ3n) is 4.31. The van der Waals surface area contributed by atoms with Gasteiger partial charge in [0.1, 0.15) is 0 Å². The fourth-order valence-corrected chi connectivity index (χ4v) is 4.13. The number of nitrogens with zero attached hydrogens (tertiary/aromatic N) is 3. The summed E-state index contributed by atoms with van der Waals surface area (Å²) in [5.41, 5.74) is 7.10. The van der Waals surface area contributed by atoms with E-state index in [0.717, 1.165) is 35.4 Å². The second-order valence-corrected chi connectivity index (χ2v) is 6.90. The molecule has 128 valence electrons. The minimum absolute atomic E-state index is 0.0692. The zero-order chi connectivity index (χ0) is 17.4. The van der Waals surface area contributed by atoms with Crippen LogP contribution in [0, 0.1) is 6.92 Å². The van der Waals surface area contributed by atoms with Crippen LogP contribution in [0.1, 0.15) is 49.5 Å². The van der Waals surface area contributed by atoms with E-state index in [1.807, 2.05) is 18.9 Å². The molecule has 2 aromatic rings. The van der Waals surface area contributed by atoms with Crippen LogP contribution in [0.2, 0.25) is 0 Å². The summed E-state index contributed by atoms with van der Waals surface area (Å²) >= 11 is 1.13. The molecule has 24 heavy (non-hydrogen) atoms. The number of methoxy groups -OCH3 is 1. The van der Waals surface area contributed by atoms with Crippen LogP contribution < -0.4 is 10.5 Å². The number of thiophene rings is 1. The van der Waals surface area contributed by atoms with E-state index in [-0.39, 0.29) is 11.9 Å². The van der Waals surface area contributed by atoms with Gasteiger partial charge in [-0.1, -0.05) is 0 Å². The number of hydrogen-bond acceptors (Lipinski definition) is 5. The molecule has 1 saturated heterocycles. The molecule has 0 saturated carbocycles. The van der Waals surface area contributed by atoms with Crippen molar-refractivity contribution in [3.63, 3.8) is 0 Å². The largest absolute Gasteiger partial charge is 0.481 e. The van der Waals surface area contributed by atoms with E-state index >= 15 is 0 Å². The van der Waals surface area contributed by atoms with E-state index in [9.17, 15) is 9.59 Å². The summed E-state index contributed by atoms with van der Waals surface area (Å²) < 4.78 is 7.18. The summed E-state index contributed by atoms with van der Waals surface area (Å²) in [5.74, 6) is 0.0864. The molecule has 0 unspecified atom stereocenters. The number of carbonyl (C=O) groups is 2. The Hall–Kier alpha value is -2.35. The minimum Gasteiger partial charge on any atom is -0.481 e. The number of rotatable bonds is 4. The van der Waals surface area contributed by atoms with Gasteiger partial charge in [-0.15, -0.1) is 11.3 Å². The molecule has 3 heterocycles. The molecule has 7 nitrogen and oxygen atoms in total. The molecule has 1 aliphatic heterocycles. The number of amides is 2. The van der Waals surface area contributed by atoms with Crippen molar-refractivity contribution in [1.29, 1.82) is 0 Å². The lowest BCUT2D eigenvalue weighted by Crippen LogP contribution is -2.30. The zero-order valence-electron chi connectivity index (χ0n) is 13.9. The second kappa shape index (κ2) is 6.27. The van der Waals surface area contributed by atoms with E-state index in [1.165, 1.54) is 0 Å². The van der Waals surface area contributed by atoms with Crippen LogP contribution in [0.4, 0.5) is 0 Å². The predicted octanol–water partition coefficient (Wildman–Crippen LogP) is 1.87. The summed E-state index contributed by atoms with van der Waals surface area (Å²) in [4.78, 5) is 26.9. The quantitative estimate of drug-likeness (QED) is 0.913. The van der Waals surface area contributed by atoms with Crippen molar-refractivity contribution in [3.8, 4) is 5.88 Å². The molecule has 3 rings (SSSR count). The number of likely N-dealkylation sites (tertiary alicyclic amines) is 1. The van der Waals surface area contributed by atoms with Gasteiger partial charge in [-0.3, -0.25) is 9.59 Å². The molecule has 2 amide bonds. The Morgan fingerprint density at radius 3 is 2.71 bits per heavy atom. The van der Waals surface area contributed by atoms with E-state index in [0.29, 0.717) is 22.2 Å². The van der Waals surface area contributed by atoms with Crippen LogP contribution in [-0.2, 0) is 7.05 Å². The highest BCUT2D eigenvalue weighted by Crippen LogP contribution is 2.39. The van der Waals surface area contributed by atoms with E-state index in [2.05, 4.69) is 5.10 Å². The molecule has 1 fully saturated rings.